The maximum Gasteiger partial charge on any atom is 0.418 e. The van der Waals surface area contributed by atoms with E-state index in [1.54, 1.807) is 0 Å². The van der Waals surface area contributed by atoms with Crippen molar-refractivity contribution in [2.45, 2.75) is 25.6 Å². The van der Waals surface area contributed by atoms with Gasteiger partial charge in [0.1, 0.15) is 11.0 Å². The third-order valence-electron chi connectivity index (χ3n) is 5.75. The van der Waals surface area contributed by atoms with Crippen molar-refractivity contribution < 1.29 is 22.7 Å². The van der Waals surface area contributed by atoms with Crippen LogP contribution in [0.5, 0.6) is 0 Å². The number of alkyl halides is 3. The summed E-state index contributed by atoms with van der Waals surface area (Å²) < 4.78 is 45.5. The number of nitrogens with zero attached hydrogens (tertiary/aromatic N) is 4. The van der Waals surface area contributed by atoms with Gasteiger partial charge in [0.05, 0.1) is 31.0 Å². The maximum atomic E-state index is 13.4. The number of hydrogen-bond donors (Lipinski definition) is 1. The van der Waals surface area contributed by atoms with E-state index in [9.17, 15) is 18.0 Å². The second-order valence-corrected chi connectivity index (χ2v) is 8.28. The van der Waals surface area contributed by atoms with Crippen molar-refractivity contribution in [1.29, 1.82) is 0 Å². The predicted octanol–water partition coefficient (Wildman–Crippen LogP) is 2.31. The Morgan fingerprint density at radius 3 is 2.58 bits per heavy atom. The number of benzene rings is 1. The number of amides is 1. The van der Waals surface area contributed by atoms with Crippen LogP contribution < -0.4 is 10.2 Å². The van der Waals surface area contributed by atoms with Gasteiger partial charge < -0.3 is 15.0 Å². The zero-order valence-corrected chi connectivity index (χ0v) is 17.4. The molecule has 0 radical (unpaired) electrons. The molecule has 1 aromatic carbocycles. The average Bonchev–Trinajstić information content (AvgIpc) is 2.72. The minimum atomic E-state index is -4.50. The van der Waals surface area contributed by atoms with E-state index in [4.69, 9.17) is 4.74 Å². The molecule has 2 atom stereocenters. The van der Waals surface area contributed by atoms with Gasteiger partial charge in [-0.2, -0.15) is 13.2 Å². The average molecular weight is 437 g/mol. The SMILES string of the molecule is CC1CC(NC(=O)CN2CCOCC2)CN(c2ccc(C(F)(F)F)c3nccnc23)C1. The Morgan fingerprint density at radius 2 is 1.87 bits per heavy atom. The van der Waals surface area contributed by atoms with Crippen LogP contribution in [0.3, 0.4) is 0 Å². The van der Waals surface area contributed by atoms with E-state index in [1.165, 1.54) is 18.5 Å². The van der Waals surface area contributed by atoms with Gasteiger partial charge in [-0.1, -0.05) is 6.92 Å². The van der Waals surface area contributed by atoms with Crippen LogP contribution in [-0.2, 0) is 15.7 Å². The van der Waals surface area contributed by atoms with Crippen molar-refractivity contribution in [1.82, 2.24) is 20.2 Å². The number of halogens is 3. The smallest absolute Gasteiger partial charge is 0.379 e. The Morgan fingerprint density at radius 1 is 1.16 bits per heavy atom. The summed E-state index contributed by atoms with van der Waals surface area (Å²) in [7, 11) is 0. The molecule has 0 bridgehead atoms. The normalized spacial score (nSPS) is 23.2. The summed E-state index contributed by atoms with van der Waals surface area (Å²) in [5, 5.41) is 3.10. The van der Waals surface area contributed by atoms with E-state index in [0.29, 0.717) is 38.5 Å². The van der Waals surface area contributed by atoms with Crippen molar-refractivity contribution in [2.75, 3.05) is 50.8 Å². The van der Waals surface area contributed by atoms with Crippen LogP contribution in [0.4, 0.5) is 18.9 Å². The third-order valence-corrected chi connectivity index (χ3v) is 5.75. The highest BCUT2D eigenvalue weighted by Gasteiger charge is 2.35. The van der Waals surface area contributed by atoms with Crippen LogP contribution in [0.15, 0.2) is 24.5 Å². The van der Waals surface area contributed by atoms with Gasteiger partial charge in [-0.05, 0) is 24.5 Å². The molecule has 1 N–H and O–H groups in total. The number of fused-ring (bicyclic) bond motifs is 1. The quantitative estimate of drug-likeness (QED) is 0.792. The second-order valence-electron chi connectivity index (χ2n) is 8.28. The number of rotatable bonds is 4. The Kier molecular flexibility index (Phi) is 6.29. The standard InChI is InChI=1S/C21H26F3N5O2/c1-14-10-15(27-18(30)13-28-6-8-31-9-7-28)12-29(11-14)17-3-2-16(21(22,23)24)19-20(17)26-5-4-25-19/h2-5,14-15H,6-13H2,1H3,(H,27,30). The number of ether oxygens (including phenoxy) is 1. The number of hydrogen-bond acceptors (Lipinski definition) is 6. The molecule has 0 spiro atoms. The van der Waals surface area contributed by atoms with Crippen molar-refractivity contribution in [2.24, 2.45) is 5.92 Å². The van der Waals surface area contributed by atoms with Crippen molar-refractivity contribution in [3.63, 3.8) is 0 Å². The number of carbonyl (C=O) groups excluding carboxylic acids is 1. The Labute approximate surface area is 178 Å². The van der Waals surface area contributed by atoms with Crippen molar-refractivity contribution >= 4 is 22.6 Å². The van der Waals surface area contributed by atoms with E-state index in [1.807, 2.05) is 4.90 Å². The first-order chi connectivity index (χ1) is 14.8. The zero-order chi connectivity index (χ0) is 22.0. The van der Waals surface area contributed by atoms with Crippen LogP contribution in [0.25, 0.3) is 11.0 Å². The molecule has 31 heavy (non-hydrogen) atoms. The van der Waals surface area contributed by atoms with E-state index >= 15 is 0 Å². The fourth-order valence-corrected chi connectivity index (χ4v) is 4.42. The molecule has 2 fully saturated rings. The lowest BCUT2D eigenvalue weighted by Gasteiger charge is -2.39. The molecular formula is C21H26F3N5O2. The largest absolute Gasteiger partial charge is 0.418 e. The lowest BCUT2D eigenvalue weighted by molar-refractivity contribution is -0.136. The first-order valence-corrected chi connectivity index (χ1v) is 10.5. The summed E-state index contributed by atoms with van der Waals surface area (Å²) in [5.41, 5.74) is -0.113. The molecular weight excluding hydrogens is 411 g/mol. The van der Waals surface area contributed by atoms with Gasteiger partial charge in [-0.3, -0.25) is 19.7 Å². The first kappa shape index (κ1) is 21.8. The Hall–Kier alpha value is -2.46. The zero-order valence-electron chi connectivity index (χ0n) is 17.4. The first-order valence-electron chi connectivity index (χ1n) is 10.5. The molecule has 2 aromatic rings. The lowest BCUT2D eigenvalue weighted by Crippen LogP contribution is -2.53. The highest BCUT2D eigenvalue weighted by Crippen LogP contribution is 2.37. The van der Waals surface area contributed by atoms with Gasteiger partial charge >= 0.3 is 6.18 Å². The monoisotopic (exact) mass is 437 g/mol. The summed E-state index contributed by atoms with van der Waals surface area (Å²) >= 11 is 0. The van der Waals surface area contributed by atoms with Crippen molar-refractivity contribution in [3.05, 3.63) is 30.1 Å². The molecule has 4 rings (SSSR count). The highest BCUT2D eigenvalue weighted by atomic mass is 19.4. The number of piperidine rings is 1. The van der Waals surface area contributed by atoms with Crippen LogP contribution >= 0.6 is 0 Å². The molecule has 1 amide bonds. The molecule has 168 valence electrons. The molecule has 3 heterocycles. The van der Waals surface area contributed by atoms with Crippen LogP contribution in [0.2, 0.25) is 0 Å². The lowest BCUT2D eigenvalue weighted by atomic mass is 9.95. The number of aromatic nitrogens is 2. The molecule has 0 aliphatic carbocycles. The summed E-state index contributed by atoms with van der Waals surface area (Å²) in [6.07, 6.45) is -1.01. The van der Waals surface area contributed by atoms with Gasteiger partial charge in [0, 0.05) is 44.6 Å². The minimum Gasteiger partial charge on any atom is -0.379 e. The summed E-state index contributed by atoms with van der Waals surface area (Å²) in [6.45, 7) is 6.30. The van der Waals surface area contributed by atoms with Crippen LogP contribution in [-0.4, -0.2) is 72.8 Å². The van der Waals surface area contributed by atoms with E-state index in [0.717, 1.165) is 25.6 Å². The Balaban J connectivity index is 1.52. The summed E-state index contributed by atoms with van der Waals surface area (Å²) in [5.74, 6) is 0.217. The molecule has 0 saturated carbocycles. The van der Waals surface area contributed by atoms with E-state index in [-0.39, 0.29) is 28.9 Å². The third kappa shape index (κ3) is 5.07. The number of nitrogens with one attached hydrogen (secondary N) is 1. The molecule has 2 unspecified atom stereocenters. The fraction of sp³-hybridized carbons (Fsp3) is 0.571. The molecule has 1 aromatic heterocycles. The topological polar surface area (TPSA) is 70.6 Å². The van der Waals surface area contributed by atoms with Gasteiger partial charge in [-0.25, -0.2) is 0 Å². The van der Waals surface area contributed by atoms with E-state index in [2.05, 4.69) is 27.1 Å². The Bertz CT molecular complexity index is 933. The van der Waals surface area contributed by atoms with Gasteiger partial charge in [0.25, 0.3) is 0 Å². The fourth-order valence-electron chi connectivity index (χ4n) is 4.42. The van der Waals surface area contributed by atoms with Gasteiger partial charge in [0.15, 0.2) is 0 Å². The van der Waals surface area contributed by atoms with Gasteiger partial charge in [0.2, 0.25) is 5.91 Å². The summed E-state index contributed by atoms with van der Waals surface area (Å²) in [6, 6.07) is 2.44. The molecule has 2 saturated heterocycles. The second kappa shape index (κ2) is 8.96. The van der Waals surface area contributed by atoms with Gasteiger partial charge in [-0.15, -0.1) is 0 Å². The van der Waals surface area contributed by atoms with E-state index < -0.39 is 11.7 Å². The van der Waals surface area contributed by atoms with Crippen LogP contribution in [0, 0.1) is 5.92 Å². The number of morpholine rings is 1. The molecule has 2 aliphatic rings. The van der Waals surface area contributed by atoms with Crippen molar-refractivity contribution in [3.8, 4) is 0 Å². The predicted molar refractivity (Wildman–Crippen MR) is 110 cm³/mol. The highest BCUT2D eigenvalue weighted by molar-refractivity contribution is 5.91. The minimum absolute atomic E-state index is 0.0435. The molecule has 7 nitrogen and oxygen atoms in total. The summed E-state index contributed by atoms with van der Waals surface area (Å²) in [4.78, 5) is 24.8. The number of anilines is 1. The van der Waals surface area contributed by atoms with Crippen LogP contribution in [0.1, 0.15) is 18.9 Å². The molecule has 2 aliphatic heterocycles. The molecule has 10 heteroatoms. The maximum absolute atomic E-state index is 13.4. The number of carbonyl (C=O) groups is 1.